The Morgan fingerprint density at radius 1 is 1.21 bits per heavy atom. The van der Waals surface area contributed by atoms with Crippen LogP contribution in [0.5, 0.6) is 0 Å². The first kappa shape index (κ1) is 18.3. The number of hydrogen-bond donors (Lipinski definition) is 1. The molecule has 1 aromatic carbocycles. The highest BCUT2D eigenvalue weighted by Crippen LogP contribution is 2.23. The van der Waals surface area contributed by atoms with E-state index in [4.69, 9.17) is 0 Å². The summed E-state index contributed by atoms with van der Waals surface area (Å²) >= 11 is 1.25. The van der Waals surface area contributed by atoms with E-state index in [-0.39, 0.29) is 23.6 Å². The molecule has 0 saturated carbocycles. The van der Waals surface area contributed by atoms with Crippen molar-refractivity contribution in [2.24, 2.45) is 5.92 Å². The molecule has 1 amide bonds. The molecule has 4 nitrogen and oxygen atoms in total. The molecular formula is C19H24N2O2S. The highest BCUT2D eigenvalue weighted by atomic mass is 32.2. The minimum atomic E-state index is -0.0675. The SMILES string of the molecule is CCc1ccc([C@@H](NC(=O)CSc2cccc[n+]2[O-])C(C)C)cc1. The van der Waals surface area contributed by atoms with Crippen LogP contribution in [-0.2, 0) is 11.2 Å². The van der Waals surface area contributed by atoms with Crippen LogP contribution in [0.3, 0.4) is 0 Å². The van der Waals surface area contributed by atoms with Crippen molar-refractivity contribution in [2.45, 2.75) is 38.3 Å². The van der Waals surface area contributed by atoms with Gasteiger partial charge in [0, 0.05) is 12.1 Å². The normalized spacial score (nSPS) is 12.2. The Hall–Kier alpha value is -2.01. The van der Waals surface area contributed by atoms with Crippen LogP contribution in [0.25, 0.3) is 0 Å². The minimum Gasteiger partial charge on any atom is -0.618 e. The van der Waals surface area contributed by atoms with Crippen LogP contribution in [0.15, 0.2) is 53.7 Å². The Kier molecular flexibility index (Phi) is 6.67. The van der Waals surface area contributed by atoms with Crippen LogP contribution < -0.4 is 10.0 Å². The van der Waals surface area contributed by atoms with E-state index in [9.17, 15) is 10.0 Å². The van der Waals surface area contributed by atoms with E-state index >= 15 is 0 Å². The number of nitrogens with one attached hydrogen (secondary N) is 1. The summed E-state index contributed by atoms with van der Waals surface area (Å²) in [4.78, 5) is 12.3. The maximum atomic E-state index is 12.3. The monoisotopic (exact) mass is 344 g/mol. The number of carbonyl (C=O) groups is 1. The summed E-state index contributed by atoms with van der Waals surface area (Å²) in [7, 11) is 0. The van der Waals surface area contributed by atoms with Gasteiger partial charge in [0.2, 0.25) is 5.91 Å². The number of thioether (sulfide) groups is 1. The summed E-state index contributed by atoms with van der Waals surface area (Å²) in [6.07, 6.45) is 2.44. The number of rotatable bonds is 7. The molecule has 1 N–H and O–H groups in total. The number of amides is 1. The summed E-state index contributed by atoms with van der Waals surface area (Å²) in [5.74, 6) is 0.442. The van der Waals surface area contributed by atoms with E-state index in [1.54, 1.807) is 18.2 Å². The first-order valence-corrected chi connectivity index (χ1v) is 9.19. The largest absolute Gasteiger partial charge is 0.618 e. The van der Waals surface area contributed by atoms with Crippen LogP contribution in [0.2, 0.25) is 0 Å². The molecule has 1 atom stereocenters. The number of pyridine rings is 1. The van der Waals surface area contributed by atoms with Crippen LogP contribution in [0.4, 0.5) is 0 Å². The molecule has 0 bridgehead atoms. The van der Waals surface area contributed by atoms with Gasteiger partial charge in [-0.2, -0.15) is 4.73 Å². The van der Waals surface area contributed by atoms with Gasteiger partial charge in [0.25, 0.3) is 5.03 Å². The molecule has 0 fully saturated rings. The molecule has 24 heavy (non-hydrogen) atoms. The molecule has 0 aliphatic carbocycles. The van der Waals surface area contributed by atoms with E-state index in [1.807, 2.05) is 0 Å². The van der Waals surface area contributed by atoms with Crippen molar-refractivity contribution in [3.63, 3.8) is 0 Å². The standard InChI is InChI=1S/C19H24N2O2S/c1-4-15-8-10-16(11-9-15)19(14(2)3)20-17(22)13-24-18-7-5-6-12-21(18)23/h5-12,14,19H,4,13H2,1-3H3,(H,20,22)/t19-/m0/s1. The zero-order valence-corrected chi connectivity index (χ0v) is 15.2. The number of aryl methyl sites for hydroxylation is 1. The predicted octanol–water partition coefficient (Wildman–Crippen LogP) is 3.49. The molecule has 5 heteroatoms. The number of aromatic nitrogens is 1. The molecule has 2 aromatic rings. The second-order valence-corrected chi connectivity index (χ2v) is 7.03. The summed E-state index contributed by atoms with van der Waals surface area (Å²) < 4.78 is 0.779. The van der Waals surface area contributed by atoms with Crippen molar-refractivity contribution in [1.29, 1.82) is 0 Å². The van der Waals surface area contributed by atoms with E-state index in [1.165, 1.54) is 23.5 Å². The van der Waals surface area contributed by atoms with Gasteiger partial charge in [-0.15, -0.1) is 0 Å². The third kappa shape index (κ3) is 4.99. The Morgan fingerprint density at radius 3 is 2.50 bits per heavy atom. The molecule has 1 aromatic heterocycles. The van der Waals surface area contributed by atoms with Gasteiger partial charge in [0.1, 0.15) is 0 Å². The highest BCUT2D eigenvalue weighted by molar-refractivity contribution is 7.99. The molecule has 1 heterocycles. The van der Waals surface area contributed by atoms with Gasteiger partial charge in [-0.25, -0.2) is 0 Å². The maximum absolute atomic E-state index is 12.3. The van der Waals surface area contributed by atoms with Crippen LogP contribution >= 0.6 is 11.8 Å². The van der Waals surface area contributed by atoms with Gasteiger partial charge in [-0.3, -0.25) is 4.79 Å². The van der Waals surface area contributed by atoms with E-state index in [0.29, 0.717) is 5.03 Å². The zero-order valence-electron chi connectivity index (χ0n) is 14.4. The van der Waals surface area contributed by atoms with Crippen molar-refractivity contribution >= 4 is 17.7 Å². The van der Waals surface area contributed by atoms with Crippen LogP contribution in [-0.4, -0.2) is 11.7 Å². The van der Waals surface area contributed by atoms with E-state index in [0.717, 1.165) is 16.7 Å². The lowest BCUT2D eigenvalue weighted by atomic mass is 9.95. The van der Waals surface area contributed by atoms with Gasteiger partial charge in [0.05, 0.1) is 11.8 Å². The first-order valence-electron chi connectivity index (χ1n) is 8.20. The highest BCUT2D eigenvalue weighted by Gasteiger charge is 2.19. The van der Waals surface area contributed by atoms with Crippen molar-refractivity contribution in [3.8, 4) is 0 Å². The quantitative estimate of drug-likeness (QED) is 0.475. The lowest BCUT2D eigenvalue weighted by molar-refractivity contribution is -0.645. The fraction of sp³-hybridized carbons (Fsp3) is 0.368. The fourth-order valence-electron chi connectivity index (χ4n) is 2.47. The van der Waals surface area contributed by atoms with Gasteiger partial charge in [-0.1, -0.05) is 45.0 Å². The molecular weight excluding hydrogens is 320 g/mol. The van der Waals surface area contributed by atoms with Crippen LogP contribution in [0.1, 0.15) is 37.9 Å². The molecule has 0 saturated heterocycles. The van der Waals surface area contributed by atoms with Gasteiger partial charge < -0.3 is 10.5 Å². The molecule has 0 aliphatic rings. The first-order chi connectivity index (χ1) is 11.5. The number of benzene rings is 1. The van der Waals surface area contributed by atoms with E-state index in [2.05, 4.69) is 50.4 Å². The topological polar surface area (TPSA) is 56.0 Å². The van der Waals surface area contributed by atoms with Crippen molar-refractivity contribution < 1.29 is 9.52 Å². The average Bonchev–Trinajstić information content (AvgIpc) is 2.59. The van der Waals surface area contributed by atoms with Crippen molar-refractivity contribution in [3.05, 3.63) is 65.0 Å². The van der Waals surface area contributed by atoms with Crippen molar-refractivity contribution in [1.82, 2.24) is 5.32 Å². The summed E-state index contributed by atoms with van der Waals surface area (Å²) in [5.41, 5.74) is 2.39. The smallest absolute Gasteiger partial charge is 0.251 e. The second kappa shape index (κ2) is 8.73. The summed E-state index contributed by atoms with van der Waals surface area (Å²) in [5, 5.41) is 15.2. The zero-order chi connectivity index (χ0) is 17.5. The predicted molar refractivity (Wildman–Crippen MR) is 97.7 cm³/mol. The van der Waals surface area contributed by atoms with Gasteiger partial charge >= 0.3 is 0 Å². The molecule has 2 rings (SSSR count). The second-order valence-electron chi connectivity index (χ2n) is 6.04. The number of nitrogens with zero attached hydrogens (tertiary/aromatic N) is 1. The molecule has 0 radical (unpaired) electrons. The molecule has 0 aliphatic heterocycles. The lowest BCUT2D eigenvalue weighted by Crippen LogP contribution is -2.34. The third-order valence-electron chi connectivity index (χ3n) is 3.87. The number of carbonyl (C=O) groups excluding carboxylic acids is 1. The third-order valence-corrected chi connectivity index (χ3v) is 4.89. The minimum absolute atomic E-state index is 0.0286. The number of hydrogen-bond acceptors (Lipinski definition) is 3. The Labute approximate surface area is 147 Å². The Balaban J connectivity index is 1.99. The summed E-state index contributed by atoms with van der Waals surface area (Å²) in [6.45, 7) is 6.31. The molecule has 128 valence electrons. The summed E-state index contributed by atoms with van der Waals surface area (Å²) in [6, 6.07) is 13.5. The van der Waals surface area contributed by atoms with Gasteiger partial charge in [-0.05, 0) is 41.3 Å². The Bertz CT molecular complexity index is 671. The Morgan fingerprint density at radius 2 is 1.92 bits per heavy atom. The maximum Gasteiger partial charge on any atom is 0.251 e. The molecule has 0 unspecified atom stereocenters. The lowest BCUT2D eigenvalue weighted by Gasteiger charge is -2.23. The molecule has 0 spiro atoms. The van der Waals surface area contributed by atoms with Crippen LogP contribution in [0, 0.1) is 11.1 Å². The average molecular weight is 344 g/mol. The fourth-order valence-corrected chi connectivity index (χ4v) is 3.20. The van der Waals surface area contributed by atoms with E-state index < -0.39 is 0 Å². The van der Waals surface area contributed by atoms with Crippen molar-refractivity contribution in [2.75, 3.05) is 5.75 Å². The van der Waals surface area contributed by atoms with Gasteiger partial charge in [0.15, 0.2) is 6.20 Å².